The molecule has 1 heterocycles. The van der Waals surface area contributed by atoms with Crippen molar-refractivity contribution in [2.75, 3.05) is 26.1 Å². The van der Waals surface area contributed by atoms with Crippen LogP contribution < -0.4 is 9.64 Å². The number of cyclic esters (lactones) is 1. The Labute approximate surface area is 155 Å². The fourth-order valence-corrected chi connectivity index (χ4v) is 2.53. The number of ether oxygens (including phenoxy) is 2. The van der Waals surface area contributed by atoms with Crippen LogP contribution >= 0.6 is 0 Å². The predicted molar refractivity (Wildman–Crippen MR) is 101 cm³/mol. The molecule has 3 rings (SSSR count). The Bertz CT molecular complexity index is 962. The van der Waals surface area contributed by atoms with Gasteiger partial charge in [-0.1, -0.05) is 12.1 Å². The van der Waals surface area contributed by atoms with Crippen LogP contribution in [0, 0.1) is 10.1 Å². The molecule has 0 bridgehead atoms. The summed E-state index contributed by atoms with van der Waals surface area (Å²) in [6.45, 7) is 0. The van der Waals surface area contributed by atoms with Crippen molar-refractivity contribution in [2.24, 2.45) is 4.99 Å². The van der Waals surface area contributed by atoms with Gasteiger partial charge in [0.2, 0.25) is 5.90 Å². The largest absolute Gasteiger partial charge is 0.496 e. The molecule has 0 aliphatic carbocycles. The molecule has 0 fully saturated rings. The lowest BCUT2D eigenvalue weighted by Crippen LogP contribution is -2.08. The summed E-state index contributed by atoms with van der Waals surface area (Å²) >= 11 is 0. The van der Waals surface area contributed by atoms with Gasteiger partial charge in [-0.3, -0.25) is 10.1 Å². The maximum absolute atomic E-state index is 12.2. The minimum Gasteiger partial charge on any atom is -0.496 e. The van der Waals surface area contributed by atoms with E-state index in [0.29, 0.717) is 5.75 Å². The third kappa shape index (κ3) is 3.79. The minimum atomic E-state index is -0.629. The molecule has 1 aliphatic rings. The average molecular weight is 367 g/mol. The third-order valence-electron chi connectivity index (χ3n) is 3.96. The van der Waals surface area contributed by atoms with Gasteiger partial charge in [-0.2, -0.15) is 0 Å². The van der Waals surface area contributed by atoms with Crippen molar-refractivity contribution in [3.8, 4) is 5.75 Å². The number of nitrogens with zero attached hydrogens (tertiary/aromatic N) is 3. The second-order valence-electron chi connectivity index (χ2n) is 5.96. The van der Waals surface area contributed by atoms with E-state index < -0.39 is 10.9 Å². The summed E-state index contributed by atoms with van der Waals surface area (Å²) in [5.41, 5.74) is 2.00. The molecule has 138 valence electrons. The van der Waals surface area contributed by atoms with E-state index in [1.807, 2.05) is 43.3 Å². The highest BCUT2D eigenvalue weighted by atomic mass is 16.6. The van der Waals surface area contributed by atoms with Crippen LogP contribution in [0.4, 0.5) is 11.4 Å². The molecular weight excluding hydrogens is 350 g/mol. The number of nitro groups is 1. The van der Waals surface area contributed by atoms with E-state index in [2.05, 4.69) is 4.99 Å². The number of esters is 1. The van der Waals surface area contributed by atoms with Gasteiger partial charge in [0.05, 0.1) is 17.6 Å². The summed E-state index contributed by atoms with van der Waals surface area (Å²) in [6, 6.07) is 11.6. The summed E-state index contributed by atoms with van der Waals surface area (Å²) in [7, 11) is 5.29. The SMILES string of the molecule is COc1ccc([N+](=O)[O-])cc1C1=NC(=Cc2ccc(N(C)C)cc2)C(=O)O1. The van der Waals surface area contributed by atoms with E-state index >= 15 is 0 Å². The van der Waals surface area contributed by atoms with Crippen molar-refractivity contribution >= 4 is 29.3 Å². The number of rotatable bonds is 5. The Kier molecular flexibility index (Phi) is 4.89. The molecule has 8 nitrogen and oxygen atoms in total. The first-order valence-corrected chi connectivity index (χ1v) is 8.02. The van der Waals surface area contributed by atoms with Gasteiger partial charge in [-0.05, 0) is 29.8 Å². The summed E-state index contributed by atoms with van der Waals surface area (Å²) in [5, 5.41) is 11.0. The predicted octanol–water partition coefficient (Wildman–Crippen LogP) is 3.01. The molecule has 2 aromatic rings. The Balaban J connectivity index is 1.96. The quantitative estimate of drug-likeness (QED) is 0.349. The Hall–Kier alpha value is -3.68. The third-order valence-corrected chi connectivity index (χ3v) is 3.96. The van der Waals surface area contributed by atoms with Crippen LogP contribution in [0.5, 0.6) is 5.75 Å². The van der Waals surface area contributed by atoms with E-state index in [-0.39, 0.29) is 22.8 Å². The Morgan fingerprint density at radius 2 is 1.89 bits per heavy atom. The molecule has 0 saturated heterocycles. The number of methoxy groups -OCH3 is 1. The van der Waals surface area contributed by atoms with Crippen LogP contribution in [0.25, 0.3) is 6.08 Å². The number of non-ortho nitro benzene ring substituents is 1. The molecule has 0 spiro atoms. The topological polar surface area (TPSA) is 94.3 Å². The van der Waals surface area contributed by atoms with Crippen LogP contribution in [-0.2, 0) is 9.53 Å². The fourth-order valence-electron chi connectivity index (χ4n) is 2.53. The van der Waals surface area contributed by atoms with Gasteiger partial charge in [-0.15, -0.1) is 0 Å². The van der Waals surface area contributed by atoms with Gasteiger partial charge in [0.15, 0.2) is 5.70 Å². The number of hydrogen-bond acceptors (Lipinski definition) is 7. The summed E-state index contributed by atoms with van der Waals surface area (Å²) in [5.74, 6) is -0.337. The highest BCUT2D eigenvalue weighted by molar-refractivity contribution is 6.14. The van der Waals surface area contributed by atoms with Gasteiger partial charge in [0.1, 0.15) is 5.75 Å². The normalized spacial score (nSPS) is 14.7. The monoisotopic (exact) mass is 367 g/mol. The molecule has 0 aromatic heterocycles. The zero-order valence-electron chi connectivity index (χ0n) is 15.0. The highest BCUT2D eigenvalue weighted by Gasteiger charge is 2.27. The first-order valence-electron chi connectivity index (χ1n) is 8.02. The lowest BCUT2D eigenvalue weighted by molar-refractivity contribution is -0.384. The molecule has 8 heteroatoms. The molecule has 27 heavy (non-hydrogen) atoms. The van der Waals surface area contributed by atoms with Gasteiger partial charge in [0.25, 0.3) is 5.69 Å². The highest BCUT2D eigenvalue weighted by Crippen LogP contribution is 2.28. The Morgan fingerprint density at radius 3 is 2.48 bits per heavy atom. The van der Waals surface area contributed by atoms with Crippen LogP contribution in [0.3, 0.4) is 0 Å². The second kappa shape index (κ2) is 7.28. The maximum Gasteiger partial charge on any atom is 0.363 e. The van der Waals surface area contributed by atoms with Crippen LogP contribution in [-0.4, -0.2) is 38.0 Å². The van der Waals surface area contributed by atoms with Crippen molar-refractivity contribution in [2.45, 2.75) is 0 Å². The van der Waals surface area contributed by atoms with Gasteiger partial charge in [0, 0.05) is 31.9 Å². The number of nitro benzene ring substituents is 1. The molecule has 0 atom stereocenters. The zero-order chi connectivity index (χ0) is 19.6. The molecule has 0 saturated carbocycles. The zero-order valence-corrected chi connectivity index (χ0v) is 15.0. The number of benzene rings is 2. The van der Waals surface area contributed by atoms with Crippen LogP contribution in [0.15, 0.2) is 53.2 Å². The second-order valence-corrected chi connectivity index (χ2v) is 5.96. The molecule has 0 unspecified atom stereocenters. The number of anilines is 1. The number of aliphatic imine (C=N–C) groups is 1. The van der Waals surface area contributed by atoms with E-state index in [9.17, 15) is 14.9 Å². The van der Waals surface area contributed by atoms with Crippen molar-refractivity contribution < 1.29 is 19.2 Å². The molecule has 1 aliphatic heterocycles. The molecule has 0 amide bonds. The summed E-state index contributed by atoms with van der Waals surface area (Å²) < 4.78 is 10.4. The smallest absolute Gasteiger partial charge is 0.363 e. The fraction of sp³-hybridized carbons (Fsp3) is 0.158. The lowest BCUT2D eigenvalue weighted by Gasteiger charge is -2.11. The summed E-state index contributed by atoms with van der Waals surface area (Å²) in [6.07, 6.45) is 1.60. The first-order chi connectivity index (χ1) is 12.9. The first kappa shape index (κ1) is 18.1. The van der Waals surface area contributed by atoms with Crippen molar-refractivity contribution in [1.82, 2.24) is 0 Å². The van der Waals surface area contributed by atoms with E-state index in [1.165, 1.54) is 25.3 Å². The molecular formula is C19H17N3O5. The van der Waals surface area contributed by atoms with Crippen molar-refractivity contribution in [3.05, 3.63) is 69.4 Å². The van der Waals surface area contributed by atoms with Gasteiger partial charge >= 0.3 is 5.97 Å². The van der Waals surface area contributed by atoms with E-state index in [0.717, 1.165) is 11.3 Å². The van der Waals surface area contributed by atoms with Crippen molar-refractivity contribution in [1.29, 1.82) is 0 Å². The standard InChI is InChI=1S/C19H17N3O5/c1-21(2)13-6-4-12(5-7-13)10-16-19(23)27-18(20-16)15-11-14(22(24)25)8-9-17(15)26-3/h4-11H,1-3H3. The van der Waals surface area contributed by atoms with Gasteiger partial charge < -0.3 is 14.4 Å². The molecule has 0 N–H and O–H groups in total. The number of carbonyl (C=O) groups excluding carboxylic acids is 1. The molecule has 2 aromatic carbocycles. The van der Waals surface area contributed by atoms with E-state index in [1.54, 1.807) is 6.08 Å². The maximum atomic E-state index is 12.2. The minimum absolute atomic E-state index is 0.0308. The van der Waals surface area contributed by atoms with Crippen LogP contribution in [0.2, 0.25) is 0 Å². The van der Waals surface area contributed by atoms with Gasteiger partial charge in [-0.25, -0.2) is 9.79 Å². The van der Waals surface area contributed by atoms with Crippen molar-refractivity contribution in [3.63, 3.8) is 0 Å². The van der Waals surface area contributed by atoms with E-state index in [4.69, 9.17) is 9.47 Å². The Morgan fingerprint density at radius 1 is 1.19 bits per heavy atom. The average Bonchev–Trinajstić information content (AvgIpc) is 3.02. The number of hydrogen-bond donors (Lipinski definition) is 0. The summed E-state index contributed by atoms with van der Waals surface area (Å²) in [4.78, 5) is 28.8. The van der Waals surface area contributed by atoms with Crippen LogP contribution in [0.1, 0.15) is 11.1 Å². The lowest BCUT2D eigenvalue weighted by atomic mass is 10.1. The molecule has 0 radical (unpaired) electrons. The number of carbonyl (C=O) groups is 1.